The number of benzene rings is 1. The summed E-state index contributed by atoms with van der Waals surface area (Å²) in [6.45, 7) is 2.09. The summed E-state index contributed by atoms with van der Waals surface area (Å²) in [5.74, 6) is 0.904. The average Bonchev–Trinajstić information content (AvgIpc) is 3.36. The molecule has 1 fully saturated rings. The Morgan fingerprint density at radius 3 is 3.07 bits per heavy atom. The second-order valence-corrected chi connectivity index (χ2v) is 8.30. The SMILES string of the molecule is O=C(NCCO)c1sc2ccccc2c1C[C@H]1CCCCN1Cc1ncc[nH]1. The third kappa shape index (κ3) is 4.11. The van der Waals surface area contributed by atoms with E-state index in [0.29, 0.717) is 6.04 Å². The minimum absolute atomic E-state index is 0.0501. The molecule has 3 N–H and O–H groups in total. The molecule has 1 amide bonds. The lowest BCUT2D eigenvalue weighted by Gasteiger charge is -2.35. The molecule has 0 spiro atoms. The number of aliphatic hydroxyl groups is 1. The minimum atomic E-state index is -0.0846. The van der Waals surface area contributed by atoms with Crippen LogP contribution in [-0.4, -0.2) is 51.6 Å². The number of imidazole rings is 1. The predicted octanol–water partition coefficient (Wildman–Crippen LogP) is 2.94. The first-order valence-corrected chi connectivity index (χ1v) is 10.7. The number of likely N-dealkylation sites (tertiary alicyclic amines) is 1. The Morgan fingerprint density at radius 1 is 1.36 bits per heavy atom. The topological polar surface area (TPSA) is 81.2 Å². The first-order valence-electron chi connectivity index (χ1n) is 9.88. The van der Waals surface area contributed by atoms with E-state index in [9.17, 15) is 4.79 Å². The number of aliphatic hydroxyl groups excluding tert-OH is 1. The number of fused-ring (bicyclic) bond motifs is 1. The number of nitrogens with one attached hydrogen (secondary N) is 2. The van der Waals surface area contributed by atoms with Crippen LogP contribution in [0.2, 0.25) is 0 Å². The molecule has 1 aliphatic heterocycles. The maximum atomic E-state index is 12.7. The van der Waals surface area contributed by atoms with Gasteiger partial charge in [-0.05, 0) is 42.8 Å². The standard InChI is InChI=1S/C21H26N4O2S/c26-12-10-24-21(27)20-17(16-6-1-2-7-18(16)28-20)13-15-5-3-4-11-25(15)14-19-22-8-9-23-19/h1-2,6-9,15,26H,3-5,10-14H2,(H,22,23)(H,24,27)/t15-/m1/s1. The van der Waals surface area contributed by atoms with Crippen molar-refractivity contribution in [1.82, 2.24) is 20.2 Å². The van der Waals surface area contributed by atoms with Gasteiger partial charge in [-0.2, -0.15) is 0 Å². The Hall–Kier alpha value is -2.22. The van der Waals surface area contributed by atoms with Gasteiger partial charge in [0.2, 0.25) is 0 Å². The molecule has 0 unspecified atom stereocenters. The number of hydrogen-bond donors (Lipinski definition) is 3. The lowest BCUT2D eigenvalue weighted by Crippen LogP contribution is -2.40. The van der Waals surface area contributed by atoms with E-state index in [-0.39, 0.29) is 19.1 Å². The van der Waals surface area contributed by atoms with Crippen molar-refractivity contribution in [1.29, 1.82) is 0 Å². The molecule has 148 valence electrons. The summed E-state index contributed by atoms with van der Waals surface area (Å²) in [7, 11) is 0. The van der Waals surface area contributed by atoms with E-state index in [0.717, 1.165) is 46.9 Å². The summed E-state index contributed by atoms with van der Waals surface area (Å²) >= 11 is 1.55. The maximum Gasteiger partial charge on any atom is 0.261 e. The second-order valence-electron chi connectivity index (χ2n) is 7.25. The molecule has 1 atom stereocenters. The highest BCUT2D eigenvalue weighted by Crippen LogP contribution is 2.34. The van der Waals surface area contributed by atoms with Crippen molar-refractivity contribution in [3.63, 3.8) is 0 Å². The van der Waals surface area contributed by atoms with Gasteiger partial charge in [-0.3, -0.25) is 9.69 Å². The van der Waals surface area contributed by atoms with Crippen LogP contribution >= 0.6 is 11.3 Å². The average molecular weight is 399 g/mol. The number of amides is 1. The molecule has 3 heterocycles. The van der Waals surface area contributed by atoms with E-state index in [1.54, 1.807) is 17.5 Å². The normalized spacial score (nSPS) is 17.8. The molecule has 1 saturated heterocycles. The predicted molar refractivity (Wildman–Crippen MR) is 112 cm³/mol. The van der Waals surface area contributed by atoms with Gasteiger partial charge < -0.3 is 15.4 Å². The molecular formula is C21H26N4O2S. The van der Waals surface area contributed by atoms with Gasteiger partial charge in [-0.1, -0.05) is 24.6 Å². The molecule has 3 aromatic rings. The summed E-state index contributed by atoms with van der Waals surface area (Å²) < 4.78 is 1.14. The monoisotopic (exact) mass is 398 g/mol. The van der Waals surface area contributed by atoms with Crippen LogP contribution in [0.1, 0.15) is 40.3 Å². The fourth-order valence-corrected chi connectivity index (χ4v) is 5.20. The molecule has 0 aliphatic carbocycles. The van der Waals surface area contributed by atoms with Gasteiger partial charge >= 0.3 is 0 Å². The van der Waals surface area contributed by atoms with Gasteiger partial charge in [0, 0.05) is 29.7 Å². The lowest BCUT2D eigenvalue weighted by atomic mass is 9.94. The minimum Gasteiger partial charge on any atom is -0.395 e. The van der Waals surface area contributed by atoms with Crippen LogP contribution in [0, 0.1) is 0 Å². The zero-order chi connectivity index (χ0) is 19.3. The first-order chi connectivity index (χ1) is 13.8. The van der Waals surface area contributed by atoms with Crippen molar-refractivity contribution in [2.24, 2.45) is 0 Å². The number of thiophene rings is 1. The fraction of sp³-hybridized carbons (Fsp3) is 0.429. The number of piperidine rings is 1. The summed E-state index contributed by atoms with van der Waals surface area (Å²) in [5.41, 5.74) is 1.13. The number of aromatic amines is 1. The van der Waals surface area contributed by atoms with Crippen molar-refractivity contribution in [2.45, 2.75) is 38.3 Å². The van der Waals surface area contributed by atoms with E-state index >= 15 is 0 Å². The summed E-state index contributed by atoms with van der Waals surface area (Å²) in [6.07, 6.45) is 8.06. The smallest absolute Gasteiger partial charge is 0.261 e. The van der Waals surface area contributed by atoms with E-state index in [4.69, 9.17) is 5.11 Å². The Morgan fingerprint density at radius 2 is 2.25 bits per heavy atom. The van der Waals surface area contributed by atoms with Crippen molar-refractivity contribution in [3.05, 3.63) is 52.9 Å². The Balaban J connectivity index is 1.62. The van der Waals surface area contributed by atoms with Gasteiger partial charge in [-0.25, -0.2) is 4.98 Å². The van der Waals surface area contributed by atoms with Crippen molar-refractivity contribution in [3.8, 4) is 0 Å². The van der Waals surface area contributed by atoms with Crippen LogP contribution in [0.3, 0.4) is 0 Å². The third-order valence-corrected chi connectivity index (χ3v) is 6.61. The molecular weight excluding hydrogens is 372 g/mol. The molecule has 1 aliphatic rings. The molecule has 2 aromatic heterocycles. The maximum absolute atomic E-state index is 12.7. The van der Waals surface area contributed by atoms with Gasteiger partial charge in [0.15, 0.2) is 0 Å². The quantitative estimate of drug-likeness (QED) is 0.572. The molecule has 7 heteroatoms. The molecule has 0 saturated carbocycles. The zero-order valence-electron chi connectivity index (χ0n) is 15.9. The first kappa shape index (κ1) is 19.1. The third-order valence-electron chi connectivity index (χ3n) is 5.40. The number of aromatic nitrogens is 2. The zero-order valence-corrected chi connectivity index (χ0v) is 16.7. The highest BCUT2D eigenvalue weighted by molar-refractivity contribution is 7.21. The van der Waals surface area contributed by atoms with E-state index in [2.05, 4.69) is 32.3 Å². The number of carbonyl (C=O) groups excluding carboxylic acids is 1. The van der Waals surface area contributed by atoms with Crippen LogP contribution in [0.4, 0.5) is 0 Å². The Kier molecular flexibility index (Phi) is 6.04. The van der Waals surface area contributed by atoms with Gasteiger partial charge in [0.05, 0.1) is 18.0 Å². The van der Waals surface area contributed by atoms with Gasteiger partial charge in [-0.15, -0.1) is 11.3 Å². The number of carbonyl (C=O) groups is 1. The number of hydrogen-bond acceptors (Lipinski definition) is 5. The number of nitrogens with zero attached hydrogens (tertiary/aromatic N) is 2. The summed E-state index contributed by atoms with van der Waals surface area (Å²) in [4.78, 5) is 23.6. The van der Waals surface area contributed by atoms with Crippen LogP contribution in [0.15, 0.2) is 36.7 Å². The highest BCUT2D eigenvalue weighted by atomic mass is 32.1. The number of rotatable bonds is 7. The van der Waals surface area contributed by atoms with Crippen LogP contribution in [0.25, 0.3) is 10.1 Å². The highest BCUT2D eigenvalue weighted by Gasteiger charge is 2.27. The van der Waals surface area contributed by atoms with Crippen LogP contribution in [0.5, 0.6) is 0 Å². The molecule has 6 nitrogen and oxygen atoms in total. The van der Waals surface area contributed by atoms with Crippen molar-refractivity contribution in [2.75, 3.05) is 19.7 Å². The lowest BCUT2D eigenvalue weighted by molar-refractivity contribution is 0.0946. The Labute approximate surface area is 168 Å². The largest absolute Gasteiger partial charge is 0.395 e. The van der Waals surface area contributed by atoms with Crippen molar-refractivity contribution < 1.29 is 9.90 Å². The fourth-order valence-electron chi connectivity index (χ4n) is 4.05. The summed E-state index contributed by atoms with van der Waals surface area (Å²) in [6, 6.07) is 8.63. The van der Waals surface area contributed by atoms with Gasteiger partial charge in [0.25, 0.3) is 5.91 Å². The number of H-pyrrole nitrogens is 1. The molecule has 0 bridgehead atoms. The molecule has 4 rings (SSSR count). The van der Waals surface area contributed by atoms with Crippen LogP contribution < -0.4 is 5.32 Å². The summed E-state index contributed by atoms with van der Waals surface area (Å²) in [5, 5.41) is 13.1. The Bertz CT molecular complexity index is 922. The van der Waals surface area contributed by atoms with E-state index in [1.807, 2.05) is 18.3 Å². The second kappa shape index (κ2) is 8.86. The van der Waals surface area contributed by atoms with E-state index in [1.165, 1.54) is 18.2 Å². The van der Waals surface area contributed by atoms with Crippen molar-refractivity contribution >= 4 is 27.3 Å². The molecule has 28 heavy (non-hydrogen) atoms. The van der Waals surface area contributed by atoms with E-state index < -0.39 is 0 Å². The molecule has 1 aromatic carbocycles. The molecule has 0 radical (unpaired) electrons. The van der Waals surface area contributed by atoms with Gasteiger partial charge in [0.1, 0.15) is 5.82 Å². The van der Waals surface area contributed by atoms with Crippen LogP contribution in [-0.2, 0) is 13.0 Å².